The second-order valence-electron chi connectivity index (χ2n) is 8.75. The Balaban J connectivity index is 1.72. The fraction of sp³-hybridized carbons (Fsp3) is 0.462. The average Bonchev–Trinajstić information content (AvgIpc) is 2.80. The quantitative estimate of drug-likeness (QED) is 0.402. The molecule has 1 amide bonds. The van der Waals surface area contributed by atoms with Crippen molar-refractivity contribution in [2.45, 2.75) is 58.2 Å². The van der Waals surface area contributed by atoms with Crippen LogP contribution < -0.4 is 10.1 Å². The van der Waals surface area contributed by atoms with Crippen molar-refractivity contribution in [3.05, 3.63) is 57.6 Å². The molecule has 0 aliphatic heterocycles. The highest BCUT2D eigenvalue weighted by Crippen LogP contribution is 2.29. The normalized spacial score (nSPS) is 17.9. The Morgan fingerprint density at radius 1 is 1.11 bits per heavy atom. The lowest BCUT2D eigenvalue weighted by molar-refractivity contribution is -0.139. The van der Waals surface area contributed by atoms with Crippen LogP contribution in [0.15, 0.2) is 36.4 Å². The molecule has 1 saturated carbocycles. The minimum Gasteiger partial charge on any atom is -0.482 e. The number of nitrogens with zero attached hydrogens (tertiary/aromatic N) is 1. The number of carbonyl (C=O) groups is 2. The molecule has 7 nitrogen and oxygen atoms in total. The molecular weight excluding hydrogens is 491 g/mol. The van der Waals surface area contributed by atoms with Crippen molar-refractivity contribution in [2.75, 3.05) is 25.1 Å². The lowest BCUT2D eigenvalue weighted by Crippen LogP contribution is -2.43. The number of carbonyl (C=O) groups excluding carboxylic acids is 1. The summed E-state index contributed by atoms with van der Waals surface area (Å²) in [6, 6.07) is 10.9. The number of nitrogens with one attached hydrogen (secondary N) is 1. The summed E-state index contributed by atoms with van der Waals surface area (Å²) in [7, 11) is 0. The second kappa shape index (κ2) is 13.1. The summed E-state index contributed by atoms with van der Waals surface area (Å²) in [5, 5.41) is 12.7. The van der Waals surface area contributed by atoms with E-state index in [4.69, 9.17) is 37.8 Å². The maximum atomic E-state index is 13.0. The molecule has 0 atom stereocenters. The number of carboxylic acid groups (broad SMARTS) is 1. The zero-order valence-corrected chi connectivity index (χ0v) is 21.6. The van der Waals surface area contributed by atoms with Crippen LogP contribution in [0.5, 0.6) is 5.75 Å². The van der Waals surface area contributed by atoms with Crippen LogP contribution in [0.1, 0.15) is 43.7 Å². The molecule has 190 valence electrons. The number of carboxylic acids is 1. The van der Waals surface area contributed by atoms with Gasteiger partial charge in [0.25, 0.3) is 0 Å². The Bertz CT molecular complexity index is 1020. The summed E-state index contributed by atoms with van der Waals surface area (Å²) in [6.45, 7) is 5.00. The third-order valence-corrected chi connectivity index (χ3v) is 6.64. The van der Waals surface area contributed by atoms with Crippen molar-refractivity contribution < 1.29 is 24.2 Å². The van der Waals surface area contributed by atoms with E-state index in [9.17, 15) is 9.59 Å². The molecule has 0 spiro atoms. The van der Waals surface area contributed by atoms with Gasteiger partial charge in [0.2, 0.25) is 5.91 Å². The van der Waals surface area contributed by atoms with E-state index in [1.165, 1.54) is 0 Å². The molecule has 3 rings (SSSR count). The predicted octanol–water partition coefficient (Wildman–Crippen LogP) is 5.55. The van der Waals surface area contributed by atoms with Crippen LogP contribution in [-0.2, 0) is 20.9 Å². The van der Waals surface area contributed by atoms with Gasteiger partial charge < -0.3 is 19.9 Å². The Morgan fingerprint density at radius 2 is 1.86 bits per heavy atom. The smallest absolute Gasteiger partial charge is 0.341 e. The van der Waals surface area contributed by atoms with Crippen LogP contribution in [-0.4, -0.2) is 53.8 Å². The minimum absolute atomic E-state index is 0.153. The number of ether oxygens (including phenoxy) is 2. The molecule has 0 saturated heterocycles. The standard InChI is InChI=1S/C26H32Cl2N2O5/c1-3-34-21-8-6-20(7-9-21)30(15-25(31)29-23-10-5-19(27)13-22(23)28)14-18-4-11-24(17(2)12-18)35-16-26(32)33/h4-5,10-13,20-21H,3,6-9,14-16H2,1-2H3,(H,29,31)(H,32,33). The third-order valence-electron chi connectivity index (χ3n) is 6.09. The van der Waals surface area contributed by atoms with Crippen molar-refractivity contribution in [3.8, 4) is 5.75 Å². The van der Waals surface area contributed by atoms with Gasteiger partial charge in [-0.15, -0.1) is 0 Å². The first kappa shape index (κ1) is 27.3. The van der Waals surface area contributed by atoms with E-state index in [-0.39, 0.29) is 31.2 Å². The van der Waals surface area contributed by atoms with Gasteiger partial charge in [-0.3, -0.25) is 9.69 Å². The summed E-state index contributed by atoms with van der Waals surface area (Å²) in [4.78, 5) is 26.0. The van der Waals surface area contributed by atoms with E-state index < -0.39 is 5.97 Å². The van der Waals surface area contributed by atoms with Crippen molar-refractivity contribution >= 4 is 40.8 Å². The SMILES string of the molecule is CCOC1CCC(N(CC(=O)Nc2ccc(Cl)cc2Cl)Cc2ccc(OCC(=O)O)c(C)c2)CC1. The molecule has 0 aromatic heterocycles. The van der Waals surface area contributed by atoms with E-state index in [1.54, 1.807) is 24.3 Å². The number of anilines is 1. The lowest BCUT2D eigenvalue weighted by Gasteiger charge is -2.36. The molecule has 1 aliphatic carbocycles. The number of aryl methyl sites for hydroxylation is 1. The number of aliphatic carboxylic acids is 1. The molecule has 2 aromatic rings. The summed E-state index contributed by atoms with van der Waals surface area (Å²) in [6.07, 6.45) is 4.07. The number of rotatable bonds is 11. The number of halogens is 2. The number of amides is 1. The average molecular weight is 523 g/mol. The molecule has 2 N–H and O–H groups in total. The van der Waals surface area contributed by atoms with Crippen LogP contribution >= 0.6 is 23.2 Å². The molecule has 0 radical (unpaired) electrons. The Labute approximate surface area is 216 Å². The molecule has 2 aromatic carbocycles. The highest BCUT2D eigenvalue weighted by Gasteiger charge is 2.28. The van der Waals surface area contributed by atoms with E-state index >= 15 is 0 Å². The van der Waals surface area contributed by atoms with Crippen LogP contribution in [0.4, 0.5) is 5.69 Å². The Morgan fingerprint density at radius 3 is 2.49 bits per heavy atom. The molecule has 35 heavy (non-hydrogen) atoms. The van der Waals surface area contributed by atoms with E-state index in [0.29, 0.717) is 34.6 Å². The van der Waals surface area contributed by atoms with Gasteiger partial charge in [0.15, 0.2) is 6.61 Å². The molecular formula is C26H32Cl2N2O5. The monoisotopic (exact) mass is 522 g/mol. The first-order chi connectivity index (χ1) is 16.7. The highest BCUT2D eigenvalue weighted by molar-refractivity contribution is 6.36. The van der Waals surface area contributed by atoms with Crippen molar-refractivity contribution in [1.82, 2.24) is 4.90 Å². The van der Waals surface area contributed by atoms with E-state index in [1.807, 2.05) is 26.0 Å². The molecule has 1 fully saturated rings. The molecule has 0 bridgehead atoms. The predicted molar refractivity (Wildman–Crippen MR) is 137 cm³/mol. The van der Waals surface area contributed by atoms with Crippen molar-refractivity contribution in [1.29, 1.82) is 0 Å². The van der Waals surface area contributed by atoms with Gasteiger partial charge in [0, 0.05) is 24.2 Å². The van der Waals surface area contributed by atoms with Gasteiger partial charge in [0.1, 0.15) is 5.75 Å². The van der Waals surface area contributed by atoms with Crippen LogP contribution in [0.25, 0.3) is 0 Å². The fourth-order valence-electron chi connectivity index (χ4n) is 4.44. The molecule has 1 aliphatic rings. The van der Waals surface area contributed by atoms with Crippen LogP contribution in [0.2, 0.25) is 10.0 Å². The van der Waals surface area contributed by atoms with Gasteiger partial charge in [0.05, 0.1) is 23.4 Å². The zero-order chi connectivity index (χ0) is 25.4. The fourth-order valence-corrected chi connectivity index (χ4v) is 4.89. The van der Waals surface area contributed by atoms with Gasteiger partial charge in [-0.25, -0.2) is 4.79 Å². The Kier molecular flexibility index (Phi) is 10.2. The number of benzene rings is 2. The summed E-state index contributed by atoms with van der Waals surface area (Å²) in [5.41, 5.74) is 2.40. The largest absolute Gasteiger partial charge is 0.482 e. The minimum atomic E-state index is -1.02. The topological polar surface area (TPSA) is 88.1 Å². The molecule has 9 heteroatoms. The second-order valence-corrected chi connectivity index (χ2v) is 9.59. The third kappa shape index (κ3) is 8.39. The van der Waals surface area contributed by atoms with Crippen molar-refractivity contribution in [2.24, 2.45) is 0 Å². The molecule has 0 heterocycles. The number of hydrogen-bond acceptors (Lipinski definition) is 5. The summed E-state index contributed by atoms with van der Waals surface area (Å²) >= 11 is 12.2. The van der Waals surface area contributed by atoms with Gasteiger partial charge >= 0.3 is 5.97 Å². The van der Waals surface area contributed by atoms with Crippen LogP contribution in [0.3, 0.4) is 0 Å². The highest BCUT2D eigenvalue weighted by atomic mass is 35.5. The van der Waals surface area contributed by atoms with Gasteiger partial charge in [-0.1, -0.05) is 35.3 Å². The molecule has 0 unspecified atom stereocenters. The van der Waals surface area contributed by atoms with Crippen molar-refractivity contribution in [3.63, 3.8) is 0 Å². The van der Waals surface area contributed by atoms with Gasteiger partial charge in [-0.2, -0.15) is 0 Å². The first-order valence-electron chi connectivity index (χ1n) is 11.8. The maximum absolute atomic E-state index is 13.0. The maximum Gasteiger partial charge on any atom is 0.341 e. The summed E-state index contributed by atoms with van der Waals surface area (Å²) in [5.74, 6) is -0.636. The summed E-state index contributed by atoms with van der Waals surface area (Å²) < 4.78 is 11.1. The zero-order valence-electron chi connectivity index (χ0n) is 20.1. The van der Waals surface area contributed by atoms with E-state index in [0.717, 1.165) is 36.8 Å². The Hall–Kier alpha value is -2.32. The van der Waals surface area contributed by atoms with E-state index in [2.05, 4.69) is 10.2 Å². The van der Waals surface area contributed by atoms with Gasteiger partial charge in [-0.05, 0) is 74.9 Å². The number of hydrogen-bond donors (Lipinski definition) is 2. The van der Waals surface area contributed by atoms with Crippen LogP contribution in [0, 0.1) is 6.92 Å². The lowest BCUT2D eigenvalue weighted by atomic mass is 9.91. The first-order valence-corrected chi connectivity index (χ1v) is 12.6.